The first-order valence-corrected chi connectivity index (χ1v) is 4.66. The molecule has 1 rings (SSSR count). The van der Waals surface area contributed by atoms with E-state index in [-0.39, 0.29) is 6.79 Å². The standard InChI is InChI=1S/C11H14O4/c1-9(11(12)13)15-8-14-7-10-5-3-2-4-6-10/h2-6,9H,7-8H2,1H3,(H,12,13)/t9-/m0/s1. The average molecular weight is 210 g/mol. The van der Waals surface area contributed by atoms with Crippen molar-refractivity contribution in [2.45, 2.75) is 19.6 Å². The van der Waals surface area contributed by atoms with Crippen LogP contribution in [0, 0.1) is 0 Å². The molecule has 1 aromatic rings. The minimum Gasteiger partial charge on any atom is -0.479 e. The van der Waals surface area contributed by atoms with Gasteiger partial charge in [-0.1, -0.05) is 30.3 Å². The molecule has 0 bridgehead atoms. The summed E-state index contributed by atoms with van der Waals surface area (Å²) in [5.41, 5.74) is 1.03. The molecule has 0 aliphatic rings. The number of carboxylic acid groups (broad SMARTS) is 1. The smallest absolute Gasteiger partial charge is 0.332 e. The van der Waals surface area contributed by atoms with Crippen molar-refractivity contribution in [1.29, 1.82) is 0 Å². The van der Waals surface area contributed by atoms with Crippen LogP contribution in [0.5, 0.6) is 0 Å². The maximum Gasteiger partial charge on any atom is 0.332 e. The largest absolute Gasteiger partial charge is 0.479 e. The second-order valence-electron chi connectivity index (χ2n) is 3.10. The summed E-state index contributed by atoms with van der Waals surface area (Å²) in [5, 5.41) is 8.52. The highest BCUT2D eigenvalue weighted by atomic mass is 16.7. The molecule has 0 unspecified atom stereocenters. The van der Waals surface area contributed by atoms with Gasteiger partial charge in [0.1, 0.15) is 6.79 Å². The number of hydrogen-bond donors (Lipinski definition) is 1. The zero-order chi connectivity index (χ0) is 11.1. The van der Waals surface area contributed by atoms with Crippen molar-refractivity contribution in [1.82, 2.24) is 0 Å². The molecule has 0 heterocycles. The van der Waals surface area contributed by atoms with E-state index in [1.54, 1.807) is 0 Å². The minimum absolute atomic E-state index is 0.0115. The lowest BCUT2D eigenvalue weighted by atomic mass is 10.2. The number of ether oxygens (including phenoxy) is 2. The normalized spacial score (nSPS) is 12.3. The second kappa shape index (κ2) is 6.16. The number of carbonyl (C=O) groups is 1. The molecule has 0 saturated carbocycles. The van der Waals surface area contributed by atoms with E-state index >= 15 is 0 Å². The zero-order valence-electron chi connectivity index (χ0n) is 8.55. The van der Waals surface area contributed by atoms with Gasteiger partial charge in [-0.25, -0.2) is 4.79 Å². The molecular weight excluding hydrogens is 196 g/mol. The van der Waals surface area contributed by atoms with E-state index in [1.807, 2.05) is 30.3 Å². The monoisotopic (exact) mass is 210 g/mol. The molecule has 0 fully saturated rings. The molecule has 1 aromatic carbocycles. The molecule has 0 amide bonds. The fourth-order valence-corrected chi connectivity index (χ4v) is 0.955. The lowest BCUT2D eigenvalue weighted by molar-refractivity contribution is -0.159. The minimum atomic E-state index is -0.988. The van der Waals surface area contributed by atoms with E-state index in [1.165, 1.54) is 6.92 Å². The lowest BCUT2D eigenvalue weighted by Crippen LogP contribution is -2.21. The van der Waals surface area contributed by atoms with Crippen LogP contribution < -0.4 is 0 Å². The Balaban J connectivity index is 2.15. The van der Waals surface area contributed by atoms with Crippen LogP contribution in [0.1, 0.15) is 12.5 Å². The quantitative estimate of drug-likeness (QED) is 0.573. The SMILES string of the molecule is C[C@H](OCOCc1ccccc1)C(=O)O. The molecule has 0 radical (unpaired) electrons. The molecular formula is C11H14O4. The highest BCUT2D eigenvalue weighted by molar-refractivity contribution is 5.71. The van der Waals surface area contributed by atoms with E-state index in [4.69, 9.17) is 14.6 Å². The maximum absolute atomic E-state index is 10.4. The van der Waals surface area contributed by atoms with Crippen LogP contribution >= 0.6 is 0 Å². The predicted octanol–water partition coefficient (Wildman–Crippen LogP) is 1.65. The number of aliphatic carboxylic acids is 1. The fraction of sp³-hybridized carbons (Fsp3) is 0.364. The van der Waals surface area contributed by atoms with Crippen LogP contribution in [-0.2, 0) is 20.9 Å². The van der Waals surface area contributed by atoms with E-state index in [0.29, 0.717) is 6.61 Å². The Hall–Kier alpha value is -1.39. The van der Waals surface area contributed by atoms with Gasteiger partial charge in [0, 0.05) is 0 Å². The van der Waals surface area contributed by atoms with Gasteiger partial charge < -0.3 is 14.6 Å². The molecule has 0 saturated heterocycles. The van der Waals surface area contributed by atoms with E-state index < -0.39 is 12.1 Å². The lowest BCUT2D eigenvalue weighted by Gasteiger charge is -2.08. The van der Waals surface area contributed by atoms with Crippen LogP contribution in [0.3, 0.4) is 0 Å². The zero-order valence-corrected chi connectivity index (χ0v) is 8.55. The van der Waals surface area contributed by atoms with Crippen molar-refractivity contribution in [3.63, 3.8) is 0 Å². The molecule has 0 aliphatic carbocycles. The molecule has 4 heteroatoms. The molecule has 1 atom stereocenters. The van der Waals surface area contributed by atoms with Crippen LogP contribution in [0.4, 0.5) is 0 Å². The third-order valence-electron chi connectivity index (χ3n) is 1.86. The van der Waals surface area contributed by atoms with Gasteiger partial charge in [0.2, 0.25) is 0 Å². The van der Waals surface area contributed by atoms with Crippen molar-refractivity contribution < 1.29 is 19.4 Å². The van der Waals surface area contributed by atoms with E-state index in [9.17, 15) is 4.79 Å². The number of carboxylic acids is 1. The van der Waals surface area contributed by atoms with Crippen molar-refractivity contribution >= 4 is 5.97 Å². The van der Waals surface area contributed by atoms with Gasteiger partial charge in [-0.3, -0.25) is 0 Å². The maximum atomic E-state index is 10.4. The van der Waals surface area contributed by atoms with E-state index in [2.05, 4.69) is 0 Å². The number of hydrogen-bond acceptors (Lipinski definition) is 3. The topological polar surface area (TPSA) is 55.8 Å². The molecule has 82 valence electrons. The average Bonchev–Trinajstić information content (AvgIpc) is 2.25. The fourth-order valence-electron chi connectivity index (χ4n) is 0.955. The first-order valence-electron chi connectivity index (χ1n) is 4.66. The molecule has 0 aliphatic heterocycles. The van der Waals surface area contributed by atoms with Gasteiger partial charge in [-0.2, -0.15) is 0 Å². The first-order chi connectivity index (χ1) is 7.20. The van der Waals surface area contributed by atoms with Gasteiger partial charge >= 0.3 is 5.97 Å². The van der Waals surface area contributed by atoms with Crippen LogP contribution in [-0.4, -0.2) is 24.0 Å². The molecule has 0 spiro atoms. The summed E-state index contributed by atoms with van der Waals surface area (Å²) >= 11 is 0. The second-order valence-corrected chi connectivity index (χ2v) is 3.10. The highest BCUT2D eigenvalue weighted by Crippen LogP contribution is 2.01. The summed E-state index contributed by atoms with van der Waals surface area (Å²) in [6, 6.07) is 9.62. The van der Waals surface area contributed by atoms with E-state index in [0.717, 1.165) is 5.56 Å². The van der Waals surface area contributed by atoms with Crippen molar-refractivity contribution in [3.05, 3.63) is 35.9 Å². The molecule has 15 heavy (non-hydrogen) atoms. The highest BCUT2D eigenvalue weighted by Gasteiger charge is 2.09. The molecule has 1 N–H and O–H groups in total. The molecule has 4 nitrogen and oxygen atoms in total. The Kier molecular flexibility index (Phi) is 4.80. The summed E-state index contributed by atoms with van der Waals surface area (Å²) in [7, 11) is 0. The number of rotatable bonds is 6. The van der Waals surface area contributed by atoms with Gasteiger partial charge in [-0.15, -0.1) is 0 Å². The Morgan fingerprint density at radius 3 is 2.67 bits per heavy atom. The Labute approximate surface area is 88.4 Å². The molecule has 0 aromatic heterocycles. The Morgan fingerprint density at radius 1 is 1.40 bits per heavy atom. The summed E-state index contributed by atoms with van der Waals surface area (Å²) < 4.78 is 10.1. The van der Waals surface area contributed by atoms with Gasteiger partial charge in [-0.05, 0) is 12.5 Å². The summed E-state index contributed by atoms with van der Waals surface area (Å²) in [6.45, 7) is 1.88. The third kappa shape index (κ3) is 4.58. The van der Waals surface area contributed by atoms with Crippen LogP contribution in [0.25, 0.3) is 0 Å². The van der Waals surface area contributed by atoms with Crippen molar-refractivity contribution in [3.8, 4) is 0 Å². The first kappa shape index (κ1) is 11.7. The van der Waals surface area contributed by atoms with Crippen LogP contribution in [0.2, 0.25) is 0 Å². The van der Waals surface area contributed by atoms with Crippen LogP contribution in [0.15, 0.2) is 30.3 Å². The van der Waals surface area contributed by atoms with Crippen molar-refractivity contribution in [2.75, 3.05) is 6.79 Å². The number of benzene rings is 1. The Morgan fingerprint density at radius 2 is 2.07 bits per heavy atom. The van der Waals surface area contributed by atoms with Gasteiger partial charge in [0.15, 0.2) is 6.10 Å². The summed E-state index contributed by atoms with van der Waals surface area (Å²) in [4.78, 5) is 10.4. The van der Waals surface area contributed by atoms with Gasteiger partial charge in [0.25, 0.3) is 0 Å². The predicted molar refractivity (Wildman–Crippen MR) is 54.3 cm³/mol. The summed E-state index contributed by atoms with van der Waals surface area (Å²) in [5.74, 6) is -0.988. The van der Waals surface area contributed by atoms with Crippen molar-refractivity contribution in [2.24, 2.45) is 0 Å². The van der Waals surface area contributed by atoms with Gasteiger partial charge in [0.05, 0.1) is 6.61 Å². The Bertz CT molecular complexity index is 297. The summed E-state index contributed by atoms with van der Waals surface area (Å²) in [6.07, 6.45) is -0.833. The third-order valence-corrected chi connectivity index (χ3v) is 1.86.